The zero-order valence-electron chi connectivity index (χ0n) is 77.2. The molecule has 57 heteroatoms. The first-order chi connectivity index (χ1) is 65.4. The molecule has 0 atom stereocenters. The van der Waals surface area contributed by atoms with E-state index < -0.39 is 108 Å². The van der Waals surface area contributed by atoms with Gasteiger partial charge in [-0.2, -0.15) is 52.7 Å². The number of hydrogen-bond acceptors (Lipinski definition) is 33. The summed E-state index contributed by atoms with van der Waals surface area (Å²) in [6.07, 6.45) is -7.36. The van der Waals surface area contributed by atoms with E-state index in [-0.39, 0.29) is 288 Å². The van der Waals surface area contributed by atoms with Gasteiger partial charge in [-0.25, -0.2) is 39.9 Å². The van der Waals surface area contributed by atoms with Crippen LogP contribution in [-0.4, -0.2) is 250 Å². The summed E-state index contributed by atoms with van der Waals surface area (Å²) < 4.78 is 179. The van der Waals surface area contributed by atoms with Crippen LogP contribution >= 0.6 is 15.9 Å². The maximum absolute atomic E-state index is 13.7. The van der Waals surface area contributed by atoms with Crippen molar-refractivity contribution in [2.45, 2.75) is 152 Å². The minimum Gasteiger partial charge on any atom is -0.870 e. The first-order valence-corrected chi connectivity index (χ1v) is 44.2. The van der Waals surface area contributed by atoms with Gasteiger partial charge in [0.05, 0.1) is 59.1 Å². The number of rotatable bonds is 18. The number of carbonyl (C=O) groups excluding carboxylic acids is 6. The maximum atomic E-state index is 13.7. The number of carbonyl (C=O) groups is 6. The Morgan fingerprint density at radius 3 is 0.844 bits per heavy atom. The number of fused-ring (bicyclic) bond motifs is 8. The van der Waals surface area contributed by atoms with E-state index in [0.29, 0.717) is 44.0 Å². The van der Waals surface area contributed by atoms with Gasteiger partial charge in [0.2, 0.25) is 34.8 Å². The Kier molecular flexibility index (Phi) is 32.3. The van der Waals surface area contributed by atoms with E-state index in [1.807, 2.05) is 0 Å². The fraction of sp³-hybridized carbons (Fsp3) is 0.500. The van der Waals surface area contributed by atoms with Crippen molar-refractivity contribution in [3.8, 4) is 23.0 Å². The Balaban J connectivity index is 0.000000161. The molecular formula is C84H98BrF12KN28O15. The molecule has 2 aliphatic carbocycles. The van der Waals surface area contributed by atoms with Crippen LogP contribution in [0.1, 0.15) is 141 Å². The molecular weight excluding hydrogens is 1990 g/mol. The van der Waals surface area contributed by atoms with Crippen molar-refractivity contribution in [2.24, 2.45) is 11.8 Å². The standard InChI is InChI=1S/C23H26F3N7O4.2C19H22F3N7O3.C14H15BrF3N3O2.C9H12N4O2.K.H2O/c1-12-9-14(29-17-16(37-2)18(28-11-27-17)30-19(34)13-3-4-13)21(36)33-15(12)20(35)31-22(33)5-7-32(8-6-22)10-23(24,25)26;2*1-10-7-11(26-15-13(32-2)14(23)24-9-25-15)17(31)29-12(10)16(30)27-18(29)3-5-28(6-4-18)8-19(20,21)22;1-8-6-9(15)12(23)21-10(8)11(22)19-13(21)2-4-20(5-3-13)7-14(16,17)18;1-15-6-7(10)11-4-12-8(6)13-9(14)5-2-3-5;;/h9,11,13H,3-8,10H2,1-2H3,(H,31,35)(H2,27,28,29,30,34);2*7,9H,3-6,8H2,1-2H3,(H,27,30)(H3,23,24,25,26);6H,2-5,7H2,1H3,(H,19,22);4-5H,2-3H2,1H3,(H3,10,11,12,13,14);;1H2/q;;;;;+1;/p-1. The molecule has 2 saturated carbocycles. The van der Waals surface area contributed by atoms with Gasteiger partial charge in [0.15, 0.2) is 46.5 Å². The molecule has 0 radical (unpaired) electrons. The smallest absolute Gasteiger partial charge is 0.870 e. The normalized spacial score (nSPS) is 18.0. The number of ether oxygens (including phenoxy) is 4. The summed E-state index contributed by atoms with van der Waals surface area (Å²) in [6, 6.07) is 6.13. The second kappa shape index (κ2) is 42.3. The largest absolute Gasteiger partial charge is 1.00 e. The van der Waals surface area contributed by atoms with Crippen molar-refractivity contribution in [1.82, 2.24) is 99.0 Å². The van der Waals surface area contributed by atoms with Crippen molar-refractivity contribution in [2.75, 3.05) is 151 Å². The van der Waals surface area contributed by atoms with Gasteiger partial charge in [0, 0.05) is 116 Å². The number of hydrogen-bond donors (Lipinski definition) is 12. The summed E-state index contributed by atoms with van der Waals surface area (Å²) in [7, 11) is 5.60. The molecule has 18 rings (SSSR count). The number of aryl methyl sites for hydroxylation is 4. The molecule has 6 fully saturated rings. The molecule has 4 saturated heterocycles. The fourth-order valence-corrected chi connectivity index (χ4v) is 18.8. The Morgan fingerprint density at radius 2 is 0.596 bits per heavy atom. The first kappa shape index (κ1) is 108. The molecule has 8 aromatic heterocycles. The number of amides is 6. The number of nitrogens with two attached hydrogens (primary N) is 3. The van der Waals surface area contributed by atoms with Crippen LogP contribution in [0.3, 0.4) is 0 Å². The van der Waals surface area contributed by atoms with Gasteiger partial charge < -0.3 is 89.5 Å². The third-order valence-electron chi connectivity index (χ3n) is 25.1. The number of nitrogens with zero attached hydrogens (tertiary/aromatic N) is 16. The summed E-state index contributed by atoms with van der Waals surface area (Å²) in [5, 5.41) is 25.5. The number of anilines is 11. The summed E-state index contributed by atoms with van der Waals surface area (Å²) in [4.78, 5) is 164. The molecule has 141 heavy (non-hydrogen) atoms. The molecule has 756 valence electrons. The minimum absolute atomic E-state index is 0. The van der Waals surface area contributed by atoms with Crippen molar-refractivity contribution >= 4 is 115 Å². The zero-order chi connectivity index (χ0) is 101. The van der Waals surface area contributed by atoms with E-state index in [9.17, 15) is 101 Å². The van der Waals surface area contributed by atoms with Gasteiger partial charge >= 0.3 is 76.1 Å². The first-order valence-electron chi connectivity index (χ1n) is 43.4. The number of aromatic nitrogens is 12. The quantitative estimate of drug-likeness (QED) is 0.0427. The van der Waals surface area contributed by atoms with E-state index in [1.54, 1.807) is 33.8 Å². The Morgan fingerprint density at radius 1 is 0.376 bits per heavy atom. The van der Waals surface area contributed by atoms with E-state index >= 15 is 0 Å². The monoisotopic (exact) mass is 2080 g/mol. The topological polar surface area (TPSA) is 560 Å². The predicted molar refractivity (Wildman–Crippen MR) is 480 cm³/mol. The van der Waals surface area contributed by atoms with Gasteiger partial charge in [0.1, 0.15) is 87.8 Å². The molecule has 16 N–H and O–H groups in total. The number of pyridine rings is 4. The number of nitrogens with one attached hydrogen (secondary N) is 9. The molecule has 0 aromatic carbocycles. The molecule has 43 nitrogen and oxygen atoms in total. The average molecular weight is 2090 g/mol. The fourth-order valence-electron chi connectivity index (χ4n) is 18.3. The van der Waals surface area contributed by atoms with Gasteiger partial charge in [0.25, 0.3) is 45.9 Å². The number of nitrogen functional groups attached to an aromatic ring is 3. The number of halogens is 13. The second-order valence-corrected chi connectivity index (χ2v) is 35.6. The Bertz CT molecular complexity index is 6210. The van der Waals surface area contributed by atoms with Crippen LogP contribution in [0.2, 0.25) is 0 Å². The summed E-state index contributed by atoms with van der Waals surface area (Å²) in [6.45, 7) is 3.45. The third kappa shape index (κ3) is 23.5. The number of methoxy groups -OCH3 is 4. The Hall–Kier alpha value is -12.0. The number of alkyl halides is 12. The molecule has 0 unspecified atom stereocenters. The molecule has 6 amide bonds. The van der Waals surface area contributed by atoms with Gasteiger partial charge in [-0.15, -0.1) is 0 Å². The minimum atomic E-state index is -4.33. The van der Waals surface area contributed by atoms with E-state index in [2.05, 4.69) is 104 Å². The number of piperidine rings is 4. The predicted octanol–water partition coefficient (Wildman–Crippen LogP) is 3.99. The van der Waals surface area contributed by atoms with Gasteiger partial charge in [-0.1, -0.05) is 0 Å². The maximum Gasteiger partial charge on any atom is 1.00 e. The second-order valence-electron chi connectivity index (χ2n) is 34.8. The van der Waals surface area contributed by atoms with Crippen LogP contribution in [-0.2, 0) is 32.2 Å². The van der Waals surface area contributed by atoms with Crippen molar-refractivity contribution < 1.29 is 157 Å². The number of likely N-dealkylation sites (tertiary alicyclic amines) is 4. The van der Waals surface area contributed by atoms with Gasteiger partial charge in [-0.05, 0) is 116 Å². The molecule has 10 aliphatic rings. The molecule has 0 bridgehead atoms. The summed E-state index contributed by atoms with van der Waals surface area (Å²) >= 11 is 3.19. The molecule has 4 spiro atoms. The zero-order valence-corrected chi connectivity index (χ0v) is 81.9. The van der Waals surface area contributed by atoms with Crippen LogP contribution < -0.4 is 158 Å². The summed E-state index contributed by atoms with van der Waals surface area (Å²) in [5.74, 6) is 0.251. The van der Waals surface area contributed by atoms with Crippen LogP contribution in [0.25, 0.3) is 0 Å². The van der Waals surface area contributed by atoms with Crippen molar-refractivity contribution in [3.63, 3.8) is 0 Å². The van der Waals surface area contributed by atoms with Crippen LogP contribution in [0.4, 0.5) is 116 Å². The van der Waals surface area contributed by atoms with Crippen molar-refractivity contribution in [3.05, 3.63) is 140 Å². The molecule has 8 aliphatic heterocycles. The third-order valence-corrected chi connectivity index (χ3v) is 25.6. The van der Waals surface area contributed by atoms with E-state index in [4.69, 9.17) is 36.1 Å². The molecule has 16 heterocycles. The van der Waals surface area contributed by atoms with Crippen molar-refractivity contribution in [1.29, 1.82) is 0 Å². The SMILES string of the molecule is COc1c(N)ncnc1NC(=O)C1CC1.COc1c(N)ncnc1Nc1cc(C)c2n(c1=O)C1(CCN(CC(F)(F)F)CC1)NC2=O.COc1c(N)ncnc1Nc1cc(C)c2n(c1=O)C1(CCN(CC(F)(F)F)CC1)NC2=O.COc1c(NC(=O)C2CC2)ncnc1Nc1cc(C)c2n(c1=O)C1(CCN(CC(F)(F)F)CC1)NC2=O.Cc1cc(Br)c(=O)n2c1C(=O)NC21CCN(CC(F)(F)F)CC1.[K+].[OH-]. The van der Waals surface area contributed by atoms with Crippen LogP contribution in [0.15, 0.2) is 73.2 Å². The van der Waals surface area contributed by atoms with Crippen LogP contribution in [0.5, 0.6) is 23.0 Å². The molecule has 8 aromatic rings. The Labute approximate surface area is 843 Å². The average Bonchev–Trinajstić information content (AvgIpc) is 1.58. The van der Waals surface area contributed by atoms with E-state index in [0.717, 1.165) is 25.7 Å². The summed E-state index contributed by atoms with van der Waals surface area (Å²) in [5.41, 5.74) is 14.4. The van der Waals surface area contributed by atoms with Gasteiger partial charge in [-0.3, -0.25) is 85.8 Å². The van der Waals surface area contributed by atoms with E-state index in [1.165, 1.54) is 110 Å². The van der Waals surface area contributed by atoms with Crippen LogP contribution in [0, 0.1) is 39.5 Å².